The molecule has 7 nitrogen and oxygen atoms in total. The summed E-state index contributed by atoms with van der Waals surface area (Å²) in [6.45, 7) is 6.84. The summed E-state index contributed by atoms with van der Waals surface area (Å²) in [6.07, 6.45) is -2.28. The summed E-state index contributed by atoms with van der Waals surface area (Å²) in [5, 5.41) is 0. The molecule has 0 atom stereocenters. The van der Waals surface area contributed by atoms with Gasteiger partial charge in [0.2, 0.25) is 0 Å². The number of hydrogen-bond acceptors (Lipinski definition) is 7. The maximum atomic E-state index is 11.4. The van der Waals surface area contributed by atoms with Crippen molar-refractivity contribution in [2.24, 2.45) is 0 Å². The topological polar surface area (TPSA) is 80.3 Å². The van der Waals surface area contributed by atoms with Gasteiger partial charge in [-0.3, -0.25) is 0 Å². The van der Waals surface area contributed by atoms with Crippen molar-refractivity contribution in [1.82, 2.24) is 0 Å². The minimum Gasteiger partial charge on any atom is -0.425 e. The van der Waals surface area contributed by atoms with Gasteiger partial charge in [-0.05, 0) is 27.7 Å². The second kappa shape index (κ2) is 7.30. The number of carbonyl (C=O) groups excluding carboxylic acids is 2. The third-order valence-electron chi connectivity index (χ3n) is 1.87. The number of carbonyl (C=O) groups is 2. The summed E-state index contributed by atoms with van der Waals surface area (Å²) in [7, 11) is 2.94. The SMILES string of the molecule is COCC(C)(C)OC(=O)OC(=O)OC(C)(C)COC. The minimum absolute atomic E-state index is 0.173. The molecule has 0 aromatic rings. The first-order valence-electron chi connectivity index (χ1n) is 5.73. The highest BCUT2D eigenvalue weighted by atomic mass is 16.8. The molecule has 0 aliphatic rings. The number of hydrogen-bond donors (Lipinski definition) is 0. The maximum absolute atomic E-state index is 11.4. The van der Waals surface area contributed by atoms with Gasteiger partial charge in [0.1, 0.15) is 11.2 Å². The molecule has 0 spiro atoms. The fourth-order valence-corrected chi connectivity index (χ4v) is 1.32. The molecule has 7 heteroatoms. The lowest BCUT2D eigenvalue weighted by molar-refractivity contribution is -0.0703. The molecule has 0 saturated carbocycles. The van der Waals surface area contributed by atoms with E-state index in [2.05, 4.69) is 4.74 Å². The quantitative estimate of drug-likeness (QED) is 0.543. The highest BCUT2D eigenvalue weighted by Gasteiger charge is 2.29. The van der Waals surface area contributed by atoms with Gasteiger partial charge in [0.15, 0.2) is 0 Å². The zero-order chi connectivity index (χ0) is 15.1. The first kappa shape index (κ1) is 17.7. The zero-order valence-electron chi connectivity index (χ0n) is 12.3. The van der Waals surface area contributed by atoms with E-state index in [0.29, 0.717) is 0 Å². The van der Waals surface area contributed by atoms with Crippen molar-refractivity contribution in [1.29, 1.82) is 0 Å². The van der Waals surface area contributed by atoms with E-state index in [-0.39, 0.29) is 13.2 Å². The van der Waals surface area contributed by atoms with Crippen LogP contribution < -0.4 is 0 Å². The summed E-state index contributed by atoms with van der Waals surface area (Å²) in [6, 6.07) is 0. The molecule has 19 heavy (non-hydrogen) atoms. The summed E-state index contributed by atoms with van der Waals surface area (Å²) >= 11 is 0. The molecule has 0 rings (SSSR count). The van der Waals surface area contributed by atoms with Crippen LogP contribution in [0.25, 0.3) is 0 Å². The van der Waals surface area contributed by atoms with E-state index >= 15 is 0 Å². The van der Waals surface area contributed by atoms with Gasteiger partial charge in [-0.1, -0.05) is 0 Å². The van der Waals surface area contributed by atoms with Crippen LogP contribution in [0.15, 0.2) is 0 Å². The Bertz CT molecular complexity index is 279. The second-order valence-electron chi connectivity index (χ2n) is 5.19. The maximum Gasteiger partial charge on any atom is 0.519 e. The number of ether oxygens (including phenoxy) is 5. The molecule has 0 aliphatic heterocycles. The number of methoxy groups -OCH3 is 2. The van der Waals surface area contributed by atoms with Crippen LogP contribution in [0.2, 0.25) is 0 Å². The third kappa shape index (κ3) is 8.39. The molecular formula is C12H22O7. The first-order chi connectivity index (χ1) is 8.62. The van der Waals surface area contributed by atoms with Crippen molar-refractivity contribution in [3.8, 4) is 0 Å². The molecule has 0 radical (unpaired) electrons. The monoisotopic (exact) mass is 278 g/mol. The number of rotatable bonds is 6. The Morgan fingerprint density at radius 3 is 1.37 bits per heavy atom. The van der Waals surface area contributed by atoms with E-state index in [1.165, 1.54) is 14.2 Å². The van der Waals surface area contributed by atoms with E-state index in [9.17, 15) is 9.59 Å². The first-order valence-corrected chi connectivity index (χ1v) is 5.73. The summed E-state index contributed by atoms with van der Waals surface area (Å²) in [5.41, 5.74) is -1.79. The predicted molar refractivity (Wildman–Crippen MR) is 66.0 cm³/mol. The van der Waals surface area contributed by atoms with E-state index in [0.717, 1.165) is 0 Å². The summed E-state index contributed by atoms with van der Waals surface area (Å²) in [5.74, 6) is 0. The Labute approximate surface area is 113 Å². The lowest BCUT2D eigenvalue weighted by Gasteiger charge is -2.25. The van der Waals surface area contributed by atoms with Crippen molar-refractivity contribution < 1.29 is 33.3 Å². The van der Waals surface area contributed by atoms with Crippen molar-refractivity contribution in [3.05, 3.63) is 0 Å². The van der Waals surface area contributed by atoms with Crippen LogP contribution in [-0.4, -0.2) is 50.9 Å². The van der Waals surface area contributed by atoms with Crippen LogP contribution in [0.3, 0.4) is 0 Å². The summed E-state index contributed by atoms with van der Waals surface area (Å²) < 4.78 is 23.9. The van der Waals surface area contributed by atoms with E-state index in [4.69, 9.17) is 18.9 Å². The lowest BCUT2D eigenvalue weighted by Crippen LogP contribution is -2.36. The highest BCUT2D eigenvalue weighted by Crippen LogP contribution is 2.13. The Hall–Kier alpha value is -1.34. The normalized spacial score (nSPS) is 11.9. The van der Waals surface area contributed by atoms with Gasteiger partial charge in [0.05, 0.1) is 13.2 Å². The van der Waals surface area contributed by atoms with E-state index in [1.807, 2.05) is 0 Å². The fraction of sp³-hybridized carbons (Fsp3) is 0.833. The van der Waals surface area contributed by atoms with Gasteiger partial charge in [-0.2, -0.15) is 0 Å². The Morgan fingerprint density at radius 1 is 0.789 bits per heavy atom. The fourth-order valence-electron chi connectivity index (χ4n) is 1.32. The molecule has 0 unspecified atom stereocenters. The van der Waals surface area contributed by atoms with Gasteiger partial charge in [-0.15, -0.1) is 0 Å². The van der Waals surface area contributed by atoms with Gasteiger partial charge in [-0.25, -0.2) is 9.59 Å². The molecular weight excluding hydrogens is 256 g/mol. The van der Waals surface area contributed by atoms with Crippen molar-refractivity contribution in [2.45, 2.75) is 38.9 Å². The molecule has 0 aromatic carbocycles. The van der Waals surface area contributed by atoms with Crippen molar-refractivity contribution >= 4 is 12.3 Å². The third-order valence-corrected chi connectivity index (χ3v) is 1.87. The van der Waals surface area contributed by atoms with Gasteiger partial charge < -0.3 is 23.7 Å². The van der Waals surface area contributed by atoms with Gasteiger partial charge >= 0.3 is 12.3 Å². The molecule has 112 valence electrons. The minimum atomic E-state index is -1.14. The van der Waals surface area contributed by atoms with Crippen LogP contribution in [-0.2, 0) is 23.7 Å². The molecule has 0 amide bonds. The largest absolute Gasteiger partial charge is 0.519 e. The second-order valence-corrected chi connectivity index (χ2v) is 5.19. The Kier molecular flexibility index (Phi) is 6.78. The standard InChI is InChI=1S/C12H22O7/c1-11(2,7-15-5)18-9(13)17-10(14)19-12(3,4)8-16-6/h7-8H2,1-6H3. The van der Waals surface area contributed by atoms with Crippen LogP contribution in [0.4, 0.5) is 9.59 Å². The Morgan fingerprint density at radius 2 is 1.11 bits per heavy atom. The molecule has 0 aliphatic carbocycles. The van der Waals surface area contributed by atoms with E-state index < -0.39 is 23.5 Å². The highest BCUT2D eigenvalue weighted by molar-refractivity contribution is 5.77. The molecule has 0 aromatic heterocycles. The van der Waals surface area contributed by atoms with Crippen LogP contribution >= 0.6 is 0 Å². The average Bonchev–Trinajstić information content (AvgIpc) is 2.13. The van der Waals surface area contributed by atoms with Gasteiger partial charge in [0.25, 0.3) is 0 Å². The molecule has 0 N–H and O–H groups in total. The molecule has 0 heterocycles. The van der Waals surface area contributed by atoms with Crippen LogP contribution in [0.1, 0.15) is 27.7 Å². The summed E-state index contributed by atoms with van der Waals surface area (Å²) in [4.78, 5) is 22.7. The van der Waals surface area contributed by atoms with E-state index in [1.54, 1.807) is 27.7 Å². The van der Waals surface area contributed by atoms with Crippen molar-refractivity contribution in [2.75, 3.05) is 27.4 Å². The predicted octanol–water partition coefficient (Wildman–Crippen LogP) is 2.13. The smallest absolute Gasteiger partial charge is 0.425 e. The average molecular weight is 278 g/mol. The van der Waals surface area contributed by atoms with Crippen molar-refractivity contribution in [3.63, 3.8) is 0 Å². The zero-order valence-corrected chi connectivity index (χ0v) is 12.3. The van der Waals surface area contributed by atoms with Crippen LogP contribution in [0, 0.1) is 0 Å². The Balaban J connectivity index is 4.23. The molecule has 0 fully saturated rings. The van der Waals surface area contributed by atoms with Gasteiger partial charge in [0, 0.05) is 14.2 Å². The lowest BCUT2D eigenvalue weighted by atomic mass is 10.1. The molecule has 0 bridgehead atoms. The molecule has 0 saturated heterocycles. The van der Waals surface area contributed by atoms with Crippen LogP contribution in [0.5, 0.6) is 0 Å².